The second-order valence-corrected chi connectivity index (χ2v) is 8.48. The van der Waals surface area contributed by atoms with E-state index in [2.05, 4.69) is 38.0 Å². The average molecular weight is 299 g/mol. The minimum Gasteiger partial charge on any atom is -0.469 e. The number of thioether (sulfide) groups is 1. The molecule has 2 aliphatic carbocycles. The smallest absolute Gasteiger partial charge is 0.306 e. The summed E-state index contributed by atoms with van der Waals surface area (Å²) in [6.07, 6.45) is 6.92. The zero-order valence-electron chi connectivity index (χ0n) is 13.3. The van der Waals surface area contributed by atoms with Crippen molar-refractivity contribution >= 4 is 17.7 Å². The van der Waals surface area contributed by atoms with E-state index in [1.165, 1.54) is 39.2 Å². The van der Waals surface area contributed by atoms with Crippen LogP contribution < -0.4 is 5.32 Å². The minimum absolute atomic E-state index is 0.0442. The predicted octanol–water partition coefficient (Wildman–Crippen LogP) is 3.23. The lowest BCUT2D eigenvalue weighted by Gasteiger charge is -2.44. The van der Waals surface area contributed by atoms with E-state index in [0.717, 1.165) is 5.75 Å². The van der Waals surface area contributed by atoms with Crippen LogP contribution in [0.25, 0.3) is 0 Å². The van der Waals surface area contributed by atoms with Gasteiger partial charge in [-0.15, -0.1) is 0 Å². The molecule has 1 N–H and O–H groups in total. The summed E-state index contributed by atoms with van der Waals surface area (Å²) in [7, 11) is 3.58. The van der Waals surface area contributed by atoms with Crippen molar-refractivity contribution in [2.45, 2.75) is 63.7 Å². The van der Waals surface area contributed by atoms with Gasteiger partial charge in [0.05, 0.1) is 13.5 Å². The summed E-state index contributed by atoms with van der Waals surface area (Å²) in [5.41, 5.74) is 0.626. The Morgan fingerprint density at radius 2 is 2.05 bits per heavy atom. The molecule has 2 fully saturated rings. The maximum atomic E-state index is 11.5. The molecule has 2 unspecified atom stereocenters. The summed E-state index contributed by atoms with van der Waals surface area (Å²) < 4.78 is 4.83. The van der Waals surface area contributed by atoms with Crippen molar-refractivity contribution in [3.8, 4) is 0 Å². The topological polar surface area (TPSA) is 38.3 Å². The molecule has 2 saturated carbocycles. The Labute approximate surface area is 127 Å². The van der Waals surface area contributed by atoms with Gasteiger partial charge in [0.2, 0.25) is 0 Å². The van der Waals surface area contributed by atoms with Gasteiger partial charge >= 0.3 is 5.97 Å². The van der Waals surface area contributed by atoms with Crippen LogP contribution in [0.5, 0.6) is 0 Å². The number of carbonyl (C=O) groups excluding carboxylic acids is 1. The molecule has 0 radical (unpaired) electrons. The van der Waals surface area contributed by atoms with Crippen molar-refractivity contribution in [2.24, 2.45) is 10.8 Å². The Kier molecular flexibility index (Phi) is 5.06. The molecule has 0 heterocycles. The lowest BCUT2D eigenvalue weighted by Crippen LogP contribution is -2.50. The number of ether oxygens (including phenoxy) is 1. The molecule has 0 bridgehead atoms. The first kappa shape index (κ1) is 16.2. The molecular formula is C16H29NO2S. The second kappa shape index (κ2) is 6.27. The van der Waals surface area contributed by atoms with Crippen LogP contribution in [0.15, 0.2) is 0 Å². The molecule has 0 spiro atoms. The molecule has 0 saturated heterocycles. The first-order valence-corrected chi connectivity index (χ1v) is 8.83. The Morgan fingerprint density at radius 1 is 1.35 bits per heavy atom. The minimum atomic E-state index is -0.0442. The number of hydrogen-bond acceptors (Lipinski definition) is 4. The van der Waals surface area contributed by atoms with Gasteiger partial charge in [-0.05, 0) is 49.3 Å². The maximum Gasteiger partial charge on any atom is 0.306 e. The van der Waals surface area contributed by atoms with Crippen molar-refractivity contribution in [3.05, 3.63) is 0 Å². The largest absolute Gasteiger partial charge is 0.469 e. The first-order valence-electron chi connectivity index (χ1n) is 7.78. The van der Waals surface area contributed by atoms with Gasteiger partial charge in [-0.2, -0.15) is 11.8 Å². The molecule has 2 aliphatic rings. The van der Waals surface area contributed by atoms with E-state index in [9.17, 15) is 4.79 Å². The Bertz CT molecular complexity index is 352. The summed E-state index contributed by atoms with van der Waals surface area (Å²) in [5, 5.41) is 4.22. The SMILES string of the molecule is CNC1C(SCC2(CC(=O)OC)CC2)CCCC1(C)C. The fraction of sp³-hybridized carbons (Fsp3) is 0.938. The fourth-order valence-corrected chi connectivity index (χ4v) is 5.54. The van der Waals surface area contributed by atoms with Crippen LogP contribution in [0.3, 0.4) is 0 Å². The lowest BCUT2D eigenvalue weighted by molar-refractivity contribution is -0.141. The Morgan fingerprint density at radius 3 is 2.60 bits per heavy atom. The third-order valence-corrected chi connectivity index (χ3v) is 6.86. The van der Waals surface area contributed by atoms with Crippen molar-refractivity contribution in [1.82, 2.24) is 5.32 Å². The highest BCUT2D eigenvalue weighted by atomic mass is 32.2. The van der Waals surface area contributed by atoms with Gasteiger partial charge in [0.1, 0.15) is 0 Å². The van der Waals surface area contributed by atoms with Crippen LogP contribution in [-0.2, 0) is 9.53 Å². The Balaban J connectivity index is 1.88. The molecule has 2 atom stereocenters. The maximum absolute atomic E-state index is 11.5. The van der Waals surface area contributed by atoms with E-state index in [4.69, 9.17) is 4.74 Å². The number of methoxy groups -OCH3 is 1. The number of rotatable bonds is 6. The molecule has 4 heteroatoms. The van der Waals surface area contributed by atoms with Gasteiger partial charge in [-0.1, -0.05) is 20.3 Å². The van der Waals surface area contributed by atoms with E-state index in [0.29, 0.717) is 23.1 Å². The number of hydrogen-bond donors (Lipinski definition) is 1. The number of carbonyl (C=O) groups is 1. The summed E-state index contributed by atoms with van der Waals surface area (Å²) in [5.74, 6) is 1.07. The van der Waals surface area contributed by atoms with Gasteiger partial charge in [0.25, 0.3) is 0 Å². The van der Waals surface area contributed by atoms with Crippen molar-refractivity contribution in [2.75, 3.05) is 19.9 Å². The molecular weight excluding hydrogens is 270 g/mol. The van der Waals surface area contributed by atoms with Crippen LogP contribution in [0.4, 0.5) is 0 Å². The highest BCUT2D eigenvalue weighted by Crippen LogP contribution is 2.53. The highest BCUT2D eigenvalue weighted by Gasteiger charge is 2.46. The number of nitrogens with one attached hydrogen (secondary N) is 1. The molecule has 2 rings (SSSR count). The molecule has 0 aromatic carbocycles. The van der Waals surface area contributed by atoms with Gasteiger partial charge < -0.3 is 10.1 Å². The van der Waals surface area contributed by atoms with Gasteiger partial charge in [-0.3, -0.25) is 4.79 Å². The summed E-state index contributed by atoms with van der Waals surface area (Å²) >= 11 is 2.08. The quantitative estimate of drug-likeness (QED) is 0.764. The molecule has 0 aromatic rings. The third-order valence-electron chi connectivity index (χ3n) is 5.14. The van der Waals surface area contributed by atoms with Crippen LogP contribution in [-0.4, -0.2) is 37.2 Å². The number of esters is 1. The molecule has 116 valence electrons. The Hall–Kier alpha value is -0.220. The van der Waals surface area contributed by atoms with Crippen molar-refractivity contribution < 1.29 is 9.53 Å². The van der Waals surface area contributed by atoms with E-state index in [1.807, 2.05) is 0 Å². The summed E-state index contributed by atoms with van der Waals surface area (Å²) in [4.78, 5) is 11.5. The lowest BCUT2D eigenvalue weighted by atomic mass is 9.73. The molecule has 0 aliphatic heterocycles. The molecule has 0 amide bonds. The zero-order chi connectivity index (χ0) is 14.8. The van der Waals surface area contributed by atoms with Gasteiger partial charge in [0.15, 0.2) is 0 Å². The third kappa shape index (κ3) is 3.70. The van der Waals surface area contributed by atoms with Crippen LogP contribution >= 0.6 is 11.8 Å². The fourth-order valence-electron chi connectivity index (χ4n) is 3.55. The van der Waals surface area contributed by atoms with Gasteiger partial charge in [0, 0.05) is 11.3 Å². The van der Waals surface area contributed by atoms with Crippen molar-refractivity contribution in [3.63, 3.8) is 0 Å². The normalized spacial score (nSPS) is 30.8. The van der Waals surface area contributed by atoms with Gasteiger partial charge in [-0.25, -0.2) is 0 Å². The summed E-state index contributed by atoms with van der Waals surface area (Å²) in [6.45, 7) is 4.75. The van der Waals surface area contributed by atoms with Crippen LogP contribution in [0, 0.1) is 10.8 Å². The molecule has 20 heavy (non-hydrogen) atoms. The molecule has 0 aromatic heterocycles. The monoisotopic (exact) mass is 299 g/mol. The highest BCUT2D eigenvalue weighted by molar-refractivity contribution is 8.00. The van der Waals surface area contributed by atoms with Crippen molar-refractivity contribution in [1.29, 1.82) is 0 Å². The van der Waals surface area contributed by atoms with E-state index >= 15 is 0 Å². The average Bonchev–Trinajstić information content (AvgIpc) is 3.15. The van der Waals surface area contributed by atoms with Crippen LogP contribution in [0.1, 0.15) is 52.4 Å². The standard InChI is InChI=1S/C16H29NO2S/c1-15(2)7-5-6-12(14(15)17-3)20-11-16(8-9-16)10-13(18)19-4/h12,14,17H,5-11H2,1-4H3. The predicted molar refractivity (Wildman–Crippen MR) is 85.0 cm³/mol. The summed E-state index contributed by atoms with van der Waals surface area (Å²) in [6, 6.07) is 0.579. The first-order chi connectivity index (χ1) is 9.42. The second-order valence-electron chi connectivity index (χ2n) is 7.25. The van der Waals surface area contributed by atoms with E-state index in [-0.39, 0.29) is 11.4 Å². The molecule has 3 nitrogen and oxygen atoms in total. The van der Waals surface area contributed by atoms with E-state index < -0.39 is 0 Å². The van der Waals surface area contributed by atoms with Crippen LogP contribution in [0.2, 0.25) is 0 Å². The van der Waals surface area contributed by atoms with E-state index in [1.54, 1.807) is 0 Å². The zero-order valence-corrected chi connectivity index (χ0v) is 14.1.